The van der Waals surface area contributed by atoms with Crippen molar-refractivity contribution in [2.24, 2.45) is 5.92 Å². The molecule has 3 heteroatoms. The van der Waals surface area contributed by atoms with Crippen LogP contribution in [0.1, 0.15) is 36.3 Å². The van der Waals surface area contributed by atoms with Crippen LogP contribution in [0.2, 0.25) is 5.15 Å². The van der Waals surface area contributed by atoms with Crippen LogP contribution in [0.4, 0.5) is 0 Å². The molecule has 0 spiro atoms. The van der Waals surface area contributed by atoms with Gasteiger partial charge in [-0.1, -0.05) is 11.6 Å². The van der Waals surface area contributed by atoms with Crippen LogP contribution in [0, 0.1) is 5.92 Å². The molecule has 0 bridgehead atoms. The smallest absolute Gasteiger partial charge is 0.136 e. The zero-order valence-corrected chi connectivity index (χ0v) is 8.85. The molecule has 1 aromatic rings. The van der Waals surface area contributed by atoms with E-state index in [2.05, 4.69) is 9.97 Å². The zero-order chi connectivity index (χ0) is 9.54. The van der Waals surface area contributed by atoms with E-state index < -0.39 is 0 Å². The molecule has 1 heterocycles. The predicted octanol–water partition coefficient (Wildman–Crippen LogP) is 2.57. The number of hydrogen-bond donors (Lipinski definition) is 0. The summed E-state index contributed by atoms with van der Waals surface area (Å²) >= 11 is 6.13. The summed E-state index contributed by atoms with van der Waals surface area (Å²) < 4.78 is 0. The minimum absolute atomic E-state index is 0.711. The Labute approximate surface area is 88.7 Å². The van der Waals surface area contributed by atoms with Crippen molar-refractivity contribution in [2.45, 2.75) is 38.5 Å². The summed E-state index contributed by atoms with van der Waals surface area (Å²) in [6, 6.07) is 0. The van der Waals surface area contributed by atoms with Gasteiger partial charge in [-0.25, -0.2) is 9.97 Å². The molecule has 0 aromatic carbocycles. The molecule has 0 unspecified atom stereocenters. The first-order valence-corrected chi connectivity index (χ1v) is 5.75. The van der Waals surface area contributed by atoms with Crippen LogP contribution in [0.5, 0.6) is 0 Å². The number of fused-ring (bicyclic) bond motifs is 1. The van der Waals surface area contributed by atoms with Crippen molar-refractivity contribution in [3.63, 3.8) is 0 Å². The van der Waals surface area contributed by atoms with Crippen LogP contribution in [0.3, 0.4) is 0 Å². The summed E-state index contributed by atoms with van der Waals surface area (Å²) in [6.07, 6.45) is 7.08. The molecule has 74 valence electrons. The summed E-state index contributed by atoms with van der Waals surface area (Å²) in [5, 5.41) is 0.711. The molecule has 0 N–H and O–H groups in total. The SMILES string of the molecule is Clc1nc(CC2CC2)nc2c1CCC2. The predicted molar refractivity (Wildman–Crippen MR) is 55.5 cm³/mol. The van der Waals surface area contributed by atoms with Crippen molar-refractivity contribution in [1.29, 1.82) is 0 Å². The number of halogens is 1. The lowest BCUT2D eigenvalue weighted by molar-refractivity contribution is 0.759. The van der Waals surface area contributed by atoms with Crippen LogP contribution < -0.4 is 0 Å². The molecule has 1 fully saturated rings. The molecule has 14 heavy (non-hydrogen) atoms. The lowest BCUT2D eigenvalue weighted by atomic mass is 10.2. The Morgan fingerprint density at radius 3 is 2.86 bits per heavy atom. The van der Waals surface area contributed by atoms with Crippen LogP contribution >= 0.6 is 11.6 Å². The molecule has 0 aliphatic heterocycles. The maximum absolute atomic E-state index is 6.13. The summed E-state index contributed by atoms with van der Waals surface area (Å²) in [5.41, 5.74) is 2.41. The van der Waals surface area contributed by atoms with Gasteiger partial charge in [-0.05, 0) is 38.0 Å². The highest BCUT2D eigenvalue weighted by atomic mass is 35.5. The molecular formula is C11H13ClN2. The monoisotopic (exact) mass is 208 g/mol. The number of aryl methyl sites for hydroxylation is 1. The van der Waals surface area contributed by atoms with E-state index >= 15 is 0 Å². The average molecular weight is 209 g/mol. The number of rotatable bonds is 2. The maximum Gasteiger partial charge on any atom is 0.136 e. The largest absolute Gasteiger partial charge is 0.238 e. The molecule has 2 aliphatic rings. The van der Waals surface area contributed by atoms with Gasteiger partial charge in [0.25, 0.3) is 0 Å². The number of hydrogen-bond acceptors (Lipinski definition) is 2. The van der Waals surface area contributed by atoms with Gasteiger partial charge in [-0.2, -0.15) is 0 Å². The van der Waals surface area contributed by atoms with Crippen LogP contribution in [0.15, 0.2) is 0 Å². The third-order valence-electron chi connectivity index (χ3n) is 3.10. The minimum atomic E-state index is 0.711. The summed E-state index contributed by atoms with van der Waals surface area (Å²) in [7, 11) is 0. The van der Waals surface area contributed by atoms with Gasteiger partial charge in [-0.3, -0.25) is 0 Å². The summed E-state index contributed by atoms with van der Waals surface area (Å²) in [4.78, 5) is 8.98. The van der Waals surface area contributed by atoms with Crippen molar-refractivity contribution in [1.82, 2.24) is 9.97 Å². The Kier molecular flexibility index (Phi) is 1.98. The Morgan fingerprint density at radius 2 is 2.07 bits per heavy atom. The molecule has 0 atom stereocenters. The third kappa shape index (κ3) is 1.52. The second-order valence-electron chi connectivity index (χ2n) is 4.36. The first-order valence-electron chi connectivity index (χ1n) is 5.37. The van der Waals surface area contributed by atoms with E-state index in [4.69, 9.17) is 11.6 Å². The second kappa shape index (κ2) is 3.20. The molecule has 1 aromatic heterocycles. The molecule has 0 amide bonds. The lowest BCUT2D eigenvalue weighted by Gasteiger charge is -2.04. The fraction of sp³-hybridized carbons (Fsp3) is 0.636. The van der Waals surface area contributed by atoms with Gasteiger partial charge < -0.3 is 0 Å². The fourth-order valence-corrected chi connectivity index (χ4v) is 2.41. The Morgan fingerprint density at radius 1 is 1.21 bits per heavy atom. The Hall–Kier alpha value is -0.630. The van der Waals surface area contributed by atoms with E-state index in [1.165, 1.54) is 30.5 Å². The van der Waals surface area contributed by atoms with Gasteiger partial charge in [0.2, 0.25) is 0 Å². The van der Waals surface area contributed by atoms with E-state index in [9.17, 15) is 0 Å². The topological polar surface area (TPSA) is 25.8 Å². The van der Waals surface area contributed by atoms with E-state index in [1.54, 1.807) is 0 Å². The summed E-state index contributed by atoms with van der Waals surface area (Å²) in [6.45, 7) is 0. The average Bonchev–Trinajstić information content (AvgIpc) is 2.82. The molecule has 3 rings (SSSR count). The highest BCUT2D eigenvalue weighted by molar-refractivity contribution is 6.30. The van der Waals surface area contributed by atoms with Crippen molar-refractivity contribution >= 4 is 11.6 Å². The normalized spacial score (nSPS) is 19.8. The van der Waals surface area contributed by atoms with Crippen LogP contribution in [-0.4, -0.2) is 9.97 Å². The highest BCUT2D eigenvalue weighted by Crippen LogP contribution is 2.33. The van der Waals surface area contributed by atoms with Crippen LogP contribution in [-0.2, 0) is 19.3 Å². The molecule has 2 nitrogen and oxygen atoms in total. The van der Waals surface area contributed by atoms with Crippen LogP contribution in [0.25, 0.3) is 0 Å². The Bertz CT molecular complexity index is 372. The quantitative estimate of drug-likeness (QED) is 0.699. The molecule has 0 saturated heterocycles. The maximum atomic E-state index is 6.13. The lowest BCUT2D eigenvalue weighted by Crippen LogP contribution is -2.02. The van der Waals surface area contributed by atoms with Gasteiger partial charge in [0.1, 0.15) is 11.0 Å². The van der Waals surface area contributed by atoms with Gasteiger partial charge in [0.05, 0.1) is 0 Å². The summed E-state index contributed by atoms with van der Waals surface area (Å²) in [5.74, 6) is 1.81. The van der Waals surface area contributed by atoms with Gasteiger partial charge in [0, 0.05) is 17.7 Å². The standard InChI is InChI=1S/C11H13ClN2/c12-11-8-2-1-3-9(8)13-10(14-11)6-7-4-5-7/h7H,1-6H2. The minimum Gasteiger partial charge on any atom is -0.238 e. The Balaban J connectivity index is 1.94. The van der Waals surface area contributed by atoms with Crippen molar-refractivity contribution < 1.29 is 0 Å². The molecular weight excluding hydrogens is 196 g/mol. The molecule has 0 radical (unpaired) electrons. The van der Waals surface area contributed by atoms with Gasteiger partial charge in [0.15, 0.2) is 0 Å². The first-order chi connectivity index (χ1) is 6.83. The van der Waals surface area contributed by atoms with Crippen molar-refractivity contribution in [2.75, 3.05) is 0 Å². The molecule has 1 saturated carbocycles. The number of aromatic nitrogens is 2. The van der Waals surface area contributed by atoms with Crippen molar-refractivity contribution in [3.05, 3.63) is 22.2 Å². The second-order valence-corrected chi connectivity index (χ2v) is 4.71. The van der Waals surface area contributed by atoms with Gasteiger partial charge in [-0.15, -0.1) is 0 Å². The third-order valence-corrected chi connectivity index (χ3v) is 3.41. The fourth-order valence-electron chi connectivity index (χ4n) is 2.11. The zero-order valence-electron chi connectivity index (χ0n) is 8.09. The highest BCUT2D eigenvalue weighted by Gasteiger charge is 2.25. The van der Waals surface area contributed by atoms with E-state index in [0.717, 1.165) is 31.0 Å². The number of nitrogens with zero attached hydrogens (tertiary/aromatic N) is 2. The van der Waals surface area contributed by atoms with E-state index in [-0.39, 0.29) is 0 Å². The molecule has 2 aliphatic carbocycles. The van der Waals surface area contributed by atoms with E-state index in [0.29, 0.717) is 5.15 Å². The van der Waals surface area contributed by atoms with E-state index in [1.807, 2.05) is 0 Å². The van der Waals surface area contributed by atoms with Crippen molar-refractivity contribution in [3.8, 4) is 0 Å². The first kappa shape index (κ1) is 8.66. The van der Waals surface area contributed by atoms with Gasteiger partial charge >= 0.3 is 0 Å².